The molecule has 0 bridgehead atoms. The lowest BCUT2D eigenvalue weighted by molar-refractivity contribution is 0.290. The third-order valence-corrected chi connectivity index (χ3v) is 2.95. The Labute approximate surface area is 117 Å². The summed E-state index contributed by atoms with van der Waals surface area (Å²) in [7, 11) is 0. The molecular formula is C14H16ClN3O. The SMILES string of the molecule is CCNCc1ccc(OCc2ccccc2Cl)nn1. The fraction of sp³-hybridized carbons (Fsp3) is 0.286. The molecule has 0 spiro atoms. The lowest BCUT2D eigenvalue weighted by Crippen LogP contribution is -2.13. The first kappa shape index (κ1) is 13.8. The Morgan fingerprint density at radius 3 is 2.68 bits per heavy atom. The van der Waals surface area contributed by atoms with Crippen LogP contribution in [0.15, 0.2) is 36.4 Å². The standard InChI is InChI=1S/C14H16ClN3O/c1-2-16-9-12-7-8-14(18-17-12)19-10-11-5-3-4-6-13(11)15/h3-8,16H,2,9-10H2,1H3. The molecule has 0 unspecified atom stereocenters. The summed E-state index contributed by atoms with van der Waals surface area (Å²) in [5, 5.41) is 12.0. The maximum atomic E-state index is 6.05. The van der Waals surface area contributed by atoms with E-state index in [9.17, 15) is 0 Å². The van der Waals surface area contributed by atoms with E-state index in [0.717, 1.165) is 17.8 Å². The molecule has 0 atom stereocenters. The number of halogens is 1. The van der Waals surface area contributed by atoms with Gasteiger partial charge in [-0.05, 0) is 18.7 Å². The largest absolute Gasteiger partial charge is 0.472 e. The number of nitrogens with zero attached hydrogens (tertiary/aromatic N) is 2. The number of hydrogen-bond donors (Lipinski definition) is 1. The van der Waals surface area contributed by atoms with Crippen molar-refractivity contribution in [3.05, 3.63) is 52.7 Å². The average molecular weight is 278 g/mol. The molecule has 0 saturated heterocycles. The first-order valence-electron chi connectivity index (χ1n) is 6.19. The van der Waals surface area contributed by atoms with Gasteiger partial charge >= 0.3 is 0 Å². The van der Waals surface area contributed by atoms with Gasteiger partial charge in [0.1, 0.15) is 6.61 Å². The van der Waals surface area contributed by atoms with Gasteiger partial charge in [-0.25, -0.2) is 0 Å². The van der Waals surface area contributed by atoms with Crippen LogP contribution in [0.4, 0.5) is 0 Å². The molecule has 0 aliphatic heterocycles. The van der Waals surface area contributed by atoms with E-state index in [2.05, 4.69) is 22.4 Å². The van der Waals surface area contributed by atoms with Gasteiger partial charge in [-0.3, -0.25) is 0 Å². The van der Waals surface area contributed by atoms with E-state index in [1.54, 1.807) is 0 Å². The Bertz CT molecular complexity index is 516. The van der Waals surface area contributed by atoms with Gasteiger partial charge in [0, 0.05) is 23.2 Å². The van der Waals surface area contributed by atoms with Gasteiger partial charge < -0.3 is 10.1 Å². The zero-order valence-corrected chi connectivity index (χ0v) is 11.5. The van der Waals surface area contributed by atoms with Crippen LogP contribution in [0.5, 0.6) is 5.88 Å². The molecule has 2 rings (SSSR count). The first-order valence-corrected chi connectivity index (χ1v) is 6.57. The van der Waals surface area contributed by atoms with Gasteiger partial charge in [0.25, 0.3) is 0 Å². The summed E-state index contributed by atoms with van der Waals surface area (Å²) in [5.74, 6) is 0.500. The summed E-state index contributed by atoms with van der Waals surface area (Å²) >= 11 is 6.05. The third kappa shape index (κ3) is 4.19. The highest BCUT2D eigenvalue weighted by atomic mass is 35.5. The first-order chi connectivity index (χ1) is 9.29. The van der Waals surface area contributed by atoms with Crippen LogP contribution < -0.4 is 10.1 Å². The molecule has 0 radical (unpaired) electrons. The molecular weight excluding hydrogens is 262 g/mol. The monoisotopic (exact) mass is 277 g/mol. The topological polar surface area (TPSA) is 47.0 Å². The molecule has 1 N–H and O–H groups in total. The van der Waals surface area contributed by atoms with E-state index in [-0.39, 0.29) is 0 Å². The highest BCUT2D eigenvalue weighted by Gasteiger charge is 2.02. The minimum Gasteiger partial charge on any atom is -0.472 e. The van der Waals surface area contributed by atoms with Crippen LogP contribution >= 0.6 is 11.6 Å². The van der Waals surface area contributed by atoms with Crippen molar-refractivity contribution in [2.45, 2.75) is 20.1 Å². The Morgan fingerprint density at radius 1 is 1.16 bits per heavy atom. The fourth-order valence-corrected chi connectivity index (χ4v) is 1.73. The number of benzene rings is 1. The second-order valence-corrected chi connectivity index (χ2v) is 4.43. The van der Waals surface area contributed by atoms with Crippen LogP contribution in [0.1, 0.15) is 18.2 Å². The molecule has 1 aromatic heterocycles. The second-order valence-electron chi connectivity index (χ2n) is 4.02. The van der Waals surface area contributed by atoms with Crippen LogP contribution in [0.3, 0.4) is 0 Å². The van der Waals surface area contributed by atoms with Gasteiger partial charge in [0.15, 0.2) is 0 Å². The number of ether oxygens (including phenoxy) is 1. The third-order valence-electron chi connectivity index (χ3n) is 2.58. The molecule has 0 fully saturated rings. The van der Waals surface area contributed by atoms with Crippen molar-refractivity contribution >= 4 is 11.6 Å². The quantitative estimate of drug-likeness (QED) is 0.882. The van der Waals surface area contributed by atoms with Crippen LogP contribution in [0.25, 0.3) is 0 Å². The Hall–Kier alpha value is -1.65. The number of nitrogens with one attached hydrogen (secondary N) is 1. The highest BCUT2D eigenvalue weighted by molar-refractivity contribution is 6.31. The summed E-state index contributed by atoms with van der Waals surface area (Å²) in [5.41, 5.74) is 1.83. The smallest absolute Gasteiger partial charge is 0.233 e. The fourth-order valence-electron chi connectivity index (χ4n) is 1.54. The minimum absolute atomic E-state index is 0.390. The number of hydrogen-bond acceptors (Lipinski definition) is 4. The second kappa shape index (κ2) is 7.07. The lowest BCUT2D eigenvalue weighted by Gasteiger charge is -2.07. The van der Waals surface area contributed by atoms with Crippen molar-refractivity contribution < 1.29 is 4.74 Å². The van der Waals surface area contributed by atoms with E-state index < -0.39 is 0 Å². The minimum atomic E-state index is 0.390. The summed E-state index contributed by atoms with van der Waals surface area (Å²) < 4.78 is 5.55. The predicted molar refractivity (Wildman–Crippen MR) is 75.2 cm³/mol. The summed E-state index contributed by atoms with van der Waals surface area (Å²) in [6, 6.07) is 11.3. The van der Waals surface area contributed by atoms with Crippen molar-refractivity contribution in [1.29, 1.82) is 0 Å². The van der Waals surface area contributed by atoms with Gasteiger partial charge in [-0.1, -0.05) is 36.7 Å². The Morgan fingerprint density at radius 2 is 2.00 bits per heavy atom. The summed E-state index contributed by atoms with van der Waals surface area (Å²) in [4.78, 5) is 0. The predicted octanol–water partition coefficient (Wildman–Crippen LogP) is 2.82. The van der Waals surface area contributed by atoms with E-state index >= 15 is 0 Å². The number of aromatic nitrogens is 2. The van der Waals surface area contributed by atoms with Gasteiger partial charge in [0.05, 0.1) is 5.69 Å². The van der Waals surface area contributed by atoms with Crippen molar-refractivity contribution in [2.24, 2.45) is 0 Å². The van der Waals surface area contributed by atoms with Crippen molar-refractivity contribution in [3.63, 3.8) is 0 Å². The molecule has 100 valence electrons. The molecule has 0 aliphatic rings. The van der Waals surface area contributed by atoms with E-state index in [0.29, 0.717) is 24.1 Å². The van der Waals surface area contributed by atoms with Crippen LogP contribution in [0.2, 0.25) is 5.02 Å². The summed E-state index contributed by atoms with van der Waals surface area (Å²) in [6.07, 6.45) is 0. The molecule has 0 amide bonds. The highest BCUT2D eigenvalue weighted by Crippen LogP contribution is 2.17. The summed E-state index contributed by atoms with van der Waals surface area (Å²) in [6.45, 7) is 4.07. The van der Waals surface area contributed by atoms with Gasteiger partial charge in [-0.2, -0.15) is 5.10 Å². The number of rotatable bonds is 6. The molecule has 2 aromatic rings. The Kier molecular flexibility index (Phi) is 5.12. The normalized spacial score (nSPS) is 10.4. The van der Waals surface area contributed by atoms with Crippen LogP contribution in [0, 0.1) is 0 Å². The van der Waals surface area contributed by atoms with Gasteiger partial charge in [-0.15, -0.1) is 5.10 Å². The molecule has 19 heavy (non-hydrogen) atoms. The molecule has 0 saturated carbocycles. The van der Waals surface area contributed by atoms with Crippen molar-refractivity contribution in [3.8, 4) is 5.88 Å². The van der Waals surface area contributed by atoms with Crippen LogP contribution in [-0.4, -0.2) is 16.7 Å². The molecule has 5 heteroatoms. The zero-order chi connectivity index (χ0) is 13.5. The molecule has 1 heterocycles. The van der Waals surface area contributed by atoms with Crippen molar-refractivity contribution in [1.82, 2.24) is 15.5 Å². The maximum absolute atomic E-state index is 6.05. The van der Waals surface area contributed by atoms with Crippen LogP contribution in [-0.2, 0) is 13.2 Å². The van der Waals surface area contributed by atoms with E-state index in [1.807, 2.05) is 36.4 Å². The van der Waals surface area contributed by atoms with E-state index in [4.69, 9.17) is 16.3 Å². The average Bonchev–Trinajstić information content (AvgIpc) is 2.45. The van der Waals surface area contributed by atoms with Gasteiger partial charge in [0.2, 0.25) is 5.88 Å². The molecule has 1 aromatic carbocycles. The van der Waals surface area contributed by atoms with E-state index in [1.165, 1.54) is 0 Å². The molecule has 4 nitrogen and oxygen atoms in total. The lowest BCUT2D eigenvalue weighted by atomic mass is 10.2. The maximum Gasteiger partial charge on any atom is 0.233 e. The van der Waals surface area contributed by atoms with Crippen molar-refractivity contribution in [2.75, 3.05) is 6.54 Å². The Balaban J connectivity index is 1.91. The molecule has 0 aliphatic carbocycles. The zero-order valence-electron chi connectivity index (χ0n) is 10.8.